The van der Waals surface area contributed by atoms with E-state index in [-0.39, 0.29) is 11.7 Å². The number of halogens is 3. The fraction of sp³-hybridized carbons (Fsp3) is 0.211. The third-order valence-electron chi connectivity index (χ3n) is 4.05. The summed E-state index contributed by atoms with van der Waals surface area (Å²) in [5, 5.41) is 15.6. The van der Waals surface area contributed by atoms with Crippen LogP contribution in [-0.2, 0) is 12.8 Å². The molecule has 138 valence electrons. The van der Waals surface area contributed by atoms with Gasteiger partial charge < -0.3 is 4.74 Å². The normalized spacial score (nSPS) is 12.4. The zero-order valence-corrected chi connectivity index (χ0v) is 14.1. The van der Waals surface area contributed by atoms with Crippen LogP contribution in [0, 0.1) is 11.3 Å². The number of H-pyrrole nitrogens is 1. The molecule has 0 aliphatic heterocycles. The van der Waals surface area contributed by atoms with E-state index in [0.29, 0.717) is 24.2 Å². The highest BCUT2D eigenvalue weighted by atomic mass is 19.4. The minimum Gasteiger partial charge on any atom is -0.406 e. The molecular formula is C19H15F3N4O. The first-order chi connectivity index (χ1) is 12.9. The zero-order chi connectivity index (χ0) is 19.3. The molecule has 0 amide bonds. The standard InChI is InChI=1S/C19H15F3N4O/c20-19(21,22)27-17-7-3-13(4-8-17)9-16(10-18-24-12-25-26-18)15-5-1-14(11-23)2-6-15/h1-8,12,16H,9-10H2,(H,24,25,26). The molecule has 1 atom stereocenters. The van der Waals surface area contributed by atoms with Crippen LogP contribution in [0.25, 0.3) is 0 Å². The highest BCUT2D eigenvalue weighted by Crippen LogP contribution is 2.27. The predicted octanol–water partition coefficient (Wildman–Crippen LogP) is 4.14. The van der Waals surface area contributed by atoms with Gasteiger partial charge in [0.05, 0.1) is 11.6 Å². The van der Waals surface area contributed by atoms with Crippen molar-refractivity contribution in [3.05, 3.63) is 77.4 Å². The minimum atomic E-state index is -4.71. The SMILES string of the molecule is N#Cc1ccc(C(Cc2ccc(OC(F)(F)F)cc2)Cc2ncn[nH]2)cc1. The molecule has 0 saturated heterocycles. The van der Waals surface area contributed by atoms with E-state index < -0.39 is 6.36 Å². The van der Waals surface area contributed by atoms with E-state index in [0.717, 1.165) is 11.1 Å². The van der Waals surface area contributed by atoms with Gasteiger partial charge in [0.2, 0.25) is 0 Å². The van der Waals surface area contributed by atoms with Gasteiger partial charge in [-0.1, -0.05) is 24.3 Å². The van der Waals surface area contributed by atoms with Gasteiger partial charge in [0, 0.05) is 6.42 Å². The third-order valence-corrected chi connectivity index (χ3v) is 4.05. The van der Waals surface area contributed by atoms with Gasteiger partial charge in [0.1, 0.15) is 17.9 Å². The van der Waals surface area contributed by atoms with E-state index in [1.807, 2.05) is 12.1 Å². The summed E-state index contributed by atoms with van der Waals surface area (Å²) in [4.78, 5) is 4.15. The molecule has 3 aromatic rings. The number of alkyl halides is 3. The van der Waals surface area contributed by atoms with E-state index >= 15 is 0 Å². The molecule has 1 aromatic heterocycles. The average molecular weight is 372 g/mol. The summed E-state index contributed by atoms with van der Waals surface area (Å²) in [6.07, 6.45) is -2.13. The second-order valence-electron chi connectivity index (χ2n) is 5.96. The van der Waals surface area contributed by atoms with Crippen LogP contribution >= 0.6 is 0 Å². The maximum absolute atomic E-state index is 12.3. The number of hydrogen-bond acceptors (Lipinski definition) is 4. The van der Waals surface area contributed by atoms with Crippen molar-refractivity contribution in [2.45, 2.75) is 25.1 Å². The highest BCUT2D eigenvalue weighted by molar-refractivity contribution is 5.35. The Balaban J connectivity index is 1.79. The van der Waals surface area contributed by atoms with Crippen molar-refractivity contribution in [1.29, 1.82) is 5.26 Å². The molecule has 0 spiro atoms. The van der Waals surface area contributed by atoms with E-state index in [1.54, 1.807) is 24.3 Å². The molecule has 0 aliphatic rings. The summed E-state index contributed by atoms with van der Waals surface area (Å²) < 4.78 is 40.8. The second-order valence-corrected chi connectivity index (χ2v) is 5.96. The van der Waals surface area contributed by atoms with E-state index in [1.165, 1.54) is 18.5 Å². The summed E-state index contributed by atoms with van der Waals surface area (Å²) in [5.74, 6) is 0.470. The Kier molecular flexibility index (Phi) is 5.41. The van der Waals surface area contributed by atoms with Crippen molar-refractivity contribution < 1.29 is 17.9 Å². The summed E-state index contributed by atoms with van der Waals surface area (Å²) in [5.41, 5.74) is 2.42. The van der Waals surface area contributed by atoms with Crippen LogP contribution in [0.5, 0.6) is 5.75 Å². The number of ether oxygens (including phenoxy) is 1. The Labute approximate surface area is 153 Å². The van der Waals surface area contributed by atoms with E-state index in [2.05, 4.69) is 26.0 Å². The number of aromatic nitrogens is 3. The molecule has 1 unspecified atom stereocenters. The lowest BCUT2D eigenvalue weighted by atomic mass is 9.88. The van der Waals surface area contributed by atoms with Gasteiger partial charge in [-0.05, 0) is 47.7 Å². The van der Waals surface area contributed by atoms with Crippen molar-refractivity contribution in [1.82, 2.24) is 15.2 Å². The fourth-order valence-electron chi connectivity index (χ4n) is 2.81. The van der Waals surface area contributed by atoms with Gasteiger partial charge in [0.15, 0.2) is 0 Å². The molecule has 3 rings (SSSR count). The van der Waals surface area contributed by atoms with Gasteiger partial charge in [-0.2, -0.15) is 10.4 Å². The quantitative estimate of drug-likeness (QED) is 0.706. The van der Waals surface area contributed by atoms with Gasteiger partial charge in [-0.3, -0.25) is 5.10 Å². The average Bonchev–Trinajstić information content (AvgIpc) is 3.15. The molecule has 5 nitrogen and oxygen atoms in total. The van der Waals surface area contributed by atoms with Crippen LogP contribution in [0.15, 0.2) is 54.9 Å². The Morgan fingerprint density at radius 2 is 1.74 bits per heavy atom. The molecule has 0 aliphatic carbocycles. The van der Waals surface area contributed by atoms with Crippen LogP contribution in [0.4, 0.5) is 13.2 Å². The van der Waals surface area contributed by atoms with Crippen molar-refractivity contribution in [3.63, 3.8) is 0 Å². The first kappa shape index (κ1) is 18.5. The molecule has 0 fully saturated rings. The van der Waals surface area contributed by atoms with E-state index in [9.17, 15) is 13.2 Å². The second kappa shape index (κ2) is 7.91. The number of rotatable bonds is 6. The number of nitriles is 1. The molecule has 8 heteroatoms. The van der Waals surface area contributed by atoms with Crippen LogP contribution in [-0.4, -0.2) is 21.5 Å². The van der Waals surface area contributed by atoms with Crippen LogP contribution < -0.4 is 4.74 Å². The molecule has 1 heterocycles. The zero-order valence-electron chi connectivity index (χ0n) is 14.1. The lowest BCUT2D eigenvalue weighted by Crippen LogP contribution is -2.17. The number of nitrogens with zero attached hydrogens (tertiary/aromatic N) is 3. The lowest BCUT2D eigenvalue weighted by Gasteiger charge is -2.17. The van der Waals surface area contributed by atoms with E-state index in [4.69, 9.17) is 5.26 Å². The number of aromatic amines is 1. The highest BCUT2D eigenvalue weighted by Gasteiger charge is 2.31. The topological polar surface area (TPSA) is 74.6 Å². The maximum Gasteiger partial charge on any atom is 0.573 e. The summed E-state index contributed by atoms with van der Waals surface area (Å²) in [6.45, 7) is 0. The summed E-state index contributed by atoms with van der Waals surface area (Å²) in [6, 6.07) is 15.1. The lowest BCUT2D eigenvalue weighted by molar-refractivity contribution is -0.274. The van der Waals surface area contributed by atoms with Gasteiger partial charge in [0.25, 0.3) is 0 Å². The van der Waals surface area contributed by atoms with Crippen LogP contribution in [0.1, 0.15) is 28.4 Å². The molecule has 1 N–H and O–H groups in total. The molecule has 2 aromatic carbocycles. The van der Waals surface area contributed by atoms with Crippen LogP contribution in [0.3, 0.4) is 0 Å². The predicted molar refractivity (Wildman–Crippen MR) is 90.8 cm³/mol. The number of nitrogens with one attached hydrogen (secondary N) is 1. The van der Waals surface area contributed by atoms with Gasteiger partial charge in [-0.25, -0.2) is 4.98 Å². The largest absolute Gasteiger partial charge is 0.573 e. The Hall–Kier alpha value is -3.34. The molecule has 0 radical (unpaired) electrons. The Morgan fingerprint density at radius 3 is 2.30 bits per heavy atom. The van der Waals surface area contributed by atoms with Crippen molar-refractivity contribution in [3.8, 4) is 11.8 Å². The summed E-state index contributed by atoms with van der Waals surface area (Å²) in [7, 11) is 0. The molecule has 27 heavy (non-hydrogen) atoms. The first-order valence-corrected chi connectivity index (χ1v) is 8.12. The van der Waals surface area contributed by atoms with Crippen LogP contribution in [0.2, 0.25) is 0 Å². The smallest absolute Gasteiger partial charge is 0.406 e. The third kappa shape index (κ3) is 5.31. The Bertz CT molecular complexity index is 898. The molecular weight excluding hydrogens is 357 g/mol. The van der Waals surface area contributed by atoms with Crippen molar-refractivity contribution >= 4 is 0 Å². The fourth-order valence-corrected chi connectivity index (χ4v) is 2.81. The molecule has 0 saturated carbocycles. The van der Waals surface area contributed by atoms with Crippen molar-refractivity contribution in [2.75, 3.05) is 0 Å². The monoisotopic (exact) mass is 372 g/mol. The van der Waals surface area contributed by atoms with Gasteiger partial charge >= 0.3 is 6.36 Å². The minimum absolute atomic E-state index is 0.0140. The van der Waals surface area contributed by atoms with Crippen molar-refractivity contribution in [2.24, 2.45) is 0 Å². The first-order valence-electron chi connectivity index (χ1n) is 8.12. The summed E-state index contributed by atoms with van der Waals surface area (Å²) >= 11 is 0. The van der Waals surface area contributed by atoms with Gasteiger partial charge in [-0.15, -0.1) is 13.2 Å². The number of benzene rings is 2. The maximum atomic E-state index is 12.3. The number of hydrogen-bond donors (Lipinski definition) is 1. The Morgan fingerprint density at radius 1 is 1.04 bits per heavy atom. The molecule has 0 bridgehead atoms.